The second-order valence-corrected chi connectivity index (χ2v) is 12.8. The van der Waals surface area contributed by atoms with Gasteiger partial charge in [-0.15, -0.1) is 0 Å². The molecule has 0 aromatic carbocycles. The summed E-state index contributed by atoms with van der Waals surface area (Å²) >= 11 is 4.53. The molecule has 2 aromatic rings. The second kappa shape index (κ2) is 12.2. The van der Waals surface area contributed by atoms with E-state index in [4.69, 9.17) is 4.98 Å². The van der Waals surface area contributed by atoms with E-state index in [1.165, 1.54) is 12.0 Å². The number of allylic oxidation sites excluding steroid dienone is 1. The molecule has 1 atom stereocenters. The van der Waals surface area contributed by atoms with Crippen LogP contribution in [0, 0.1) is 3.57 Å². The average molecular weight is 730 g/mol. The standard InChI is InChI=1S/C28H33FI2N4O2/c29-24(9-2-1-8-22-11-10-19-7-4-13-35(31)27(19)33-22)20-12-14-34(17-20)26(28(36)37)23-15-21(30)16-32-25(23)18-5-3-6-18/h10-11,15-16,18,26H,1-9,12-14,17H2,(H,36,37)/b24-20-/t26-/m1/s1. The van der Waals surface area contributed by atoms with Gasteiger partial charge in [-0.2, -0.15) is 0 Å². The van der Waals surface area contributed by atoms with Crippen molar-refractivity contribution in [1.82, 2.24) is 14.9 Å². The monoisotopic (exact) mass is 730 g/mol. The summed E-state index contributed by atoms with van der Waals surface area (Å²) in [6.45, 7) is 1.96. The fraction of sp³-hybridized carbons (Fsp3) is 0.536. The number of anilines is 1. The van der Waals surface area contributed by atoms with Gasteiger partial charge in [-0.25, -0.2) is 9.37 Å². The Labute approximate surface area is 245 Å². The van der Waals surface area contributed by atoms with Crippen molar-refractivity contribution in [1.29, 1.82) is 0 Å². The molecule has 0 radical (unpaired) electrons. The lowest BCUT2D eigenvalue weighted by atomic mass is 9.80. The van der Waals surface area contributed by atoms with E-state index >= 15 is 4.39 Å². The fourth-order valence-corrected chi connectivity index (χ4v) is 6.89. The zero-order chi connectivity index (χ0) is 25.9. The molecule has 1 aliphatic carbocycles. The molecule has 2 aliphatic heterocycles. The van der Waals surface area contributed by atoms with E-state index in [9.17, 15) is 9.90 Å². The molecule has 5 rings (SSSR count). The number of fused-ring (bicyclic) bond motifs is 1. The molecule has 198 valence electrons. The Morgan fingerprint density at radius 2 is 2.03 bits per heavy atom. The van der Waals surface area contributed by atoms with Crippen molar-refractivity contribution in [2.45, 2.75) is 76.2 Å². The number of halogens is 3. The maximum Gasteiger partial charge on any atom is 0.325 e. The summed E-state index contributed by atoms with van der Waals surface area (Å²) < 4.78 is 18.3. The first-order valence-electron chi connectivity index (χ1n) is 13.3. The smallest absolute Gasteiger partial charge is 0.325 e. The summed E-state index contributed by atoms with van der Waals surface area (Å²) in [6.07, 6.45) is 10.8. The van der Waals surface area contributed by atoms with Gasteiger partial charge in [0.2, 0.25) is 0 Å². The van der Waals surface area contributed by atoms with Gasteiger partial charge in [0, 0.05) is 52.3 Å². The van der Waals surface area contributed by atoms with Crippen molar-refractivity contribution >= 4 is 57.2 Å². The van der Waals surface area contributed by atoms with E-state index in [1.54, 1.807) is 0 Å². The van der Waals surface area contributed by atoms with Crippen LogP contribution in [0.15, 0.2) is 35.8 Å². The lowest BCUT2D eigenvalue weighted by molar-refractivity contribution is -0.143. The molecule has 1 N–H and O–H groups in total. The molecule has 0 amide bonds. The normalized spacial score (nSPS) is 20.5. The Balaban J connectivity index is 1.19. The molecule has 3 aliphatic rings. The molecule has 0 spiro atoms. The van der Waals surface area contributed by atoms with E-state index in [0.29, 0.717) is 31.8 Å². The molecular formula is C28H33FI2N4O2. The highest BCUT2D eigenvalue weighted by Crippen LogP contribution is 2.41. The molecule has 6 nitrogen and oxygen atoms in total. The number of aryl methyl sites for hydroxylation is 2. The molecule has 2 fully saturated rings. The van der Waals surface area contributed by atoms with Crippen molar-refractivity contribution < 1.29 is 14.3 Å². The van der Waals surface area contributed by atoms with Crippen LogP contribution >= 0.6 is 45.5 Å². The van der Waals surface area contributed by atoms with Gasteiger partial charge in [-0.05, 0) is 104 Å². The maximum atomic E-state index is 15.2. The number of nitrogens with zero attached hydrogens (tertiary/aromatic N) is 4. The first-order chi connectivity index (χ1) is 17.9. The SMILES string of the molecule is O=C(O)[C@@H](c1cc(I)cnc1C1CCC1)N1CC/C(=C(/F)CCCCc2ccc3c(n2)N(I)CCC3)C1. The first kappa shape index (κ1) is 27.2. The Morgan fingerprint density at radius 3 is 2.78 bits per heavy atom. The van der Waals surface area contributed by atoms with Gasteiger partial charge in [0.25, 0.3) is 0 Å². The molecular weight excluding hydrogens is 697 g/mol. The van der Waals surface area contributed by atoms with Crippen molar-refractivity contribution in [2.75, 3.05) is 22.7 Å². The first-order valence-corrected chi connectivity index (χ1v) is 15.4. The molecule has 1 saturated carbocycles. The number of pyridine rings is 2. The summed E-state index contributed by atoms with van der Waals surface area (Å²) in [5.41, 5.74) is 4.83. The molecule has 2 aromatic heterocycles. The predicted molar refractivity (Wildman–Crippen MR) is 160 cm³/mol. The minimum atomic E-state index is -0.881. The number of carboxylic acid groups (broad SMARTS) is 1. The summed E-state index contributed by atoms with van der Waals surface area (Å²) in [5.74, 6) is 0.477. The van der Waals surface area contributed by atoms with Crippen LogP contribution in [0.5, 0.6) is 0 Å². The Bertz CT molecular complexity index is 1190. The van der Waals surface area contributed by atoms with Crippen LogP contribution < -0.4 is 3.11 Å². The number of hydrogen-bond acceptors (Lipinski definition) is 5. The Kier molecular flexibility index (Phi) is 9.00. The summed E-state index contributed by atoms with van der Waals surface area (Å²) in [4.78, 5) is 23.8. The molecule has 0 unspecified atom stereocenters. The second-order valence-electron chi connectivity index (χ2n) is 10.4. The van der Waals surface area contributed by atoms with E-state index in [1.807, 2.05) is 17.2 Å². The number of unbranched alkanes of at least 4 members (excludes halogenated alkanes) is 1. The van der Waals surface area contributed by atoms with Crippen molar-refractivity contribution in [3.8, 4) is 0 Å². The topological polar surface area (TPSA) is 69.6 Å². The van der Waals surface area contributed by atoms with E-state index in [2.05, 4.69) is 65.7 Å². The number of likely N-dealkylation sites (tertiary alicyclic amines) is 1. The predicted octanol–water partition coefficient (Wildman–Crippen LogP) is 6.92. The molecule has 37 heavy (non-hydrogen) atoms. The summed E-state index contributed by atoms with van der Waals surface area (Å²) in [6, 6.07) is 5.48. The number of rotatable bonds is 9. The minimum absolute atomic E-state index is 0.0662. The van der Waals surface area contributed by atoms with Gasteiger partial charge in [-0.1, -0.05) is 12.5 Å². The highest BCUT2D eigenvalue weighted by Gasteiger charge is 2.36. The van der Waals surface area contributed by atoms with Crippen molar-refractivity contribution in [2.24, 2.45) is 0 Å². The van der Waals surface area contributed by atoms with Gasteiger partial charge in [0.15, 0.2) is 0 Å². The van der Waals surface area contributed by atoms with Crippen LogP contribution in [-0.4, -0.2) is 45.6 Å². The number of hydrogen-bond donors (Lipinski definition) is 1. The van der Waals surface area contributed by atoms with Crippen LogP contribution in [0.25, 0.3) is 0 Å². The van der Waals surface area contributed by atoms with E-state index in [0.717, 1.165) is 83.4 Å². The highest BCUT2D eigenvalue weighted by molar-refractivity contribution is 14.1. The summed E-state index contributed by atoms with van der Waals surface area (Å²) in [7, 11) is 0. The number of carbonyl (C=O) groups is 1. The molecule has 0 bridgehead atoms. The van der Waals surface area contributed by atoms with E-state index < -0.39 is 12.0 Å². The Hall–Kier alpha value is -1.34. The number of aromatic nitrogens is 2. The average Bonchev–Trinajstić information content (AvgIpc) is 3.32. The van der Waals surface area contributed by atoms with Gasteiger partial charge in [0.05, 0.1) is 22.9 Å². The van der Waals surface area contributed by atoms with Crippen LogP contribution in [0.2, 0.25) is 0 Å². The Morgan fingerprint density at radius 1 is 1.19 bits per heavy atom. The van der Waals surface area contributed by atoms with Gasteiger partial charge in [-0.3, -0.25) is 17.8 Å². The third-order valence-corrected chi connectivity index (χ3v) is 9.43. The third-order valence-electron chi connectivity index (χ3n) is 7.90. The largest absolute Gasteiger partial charge is 0.480 e. The third kappa shape index (κ3) is 6.29. The van der Waals surface area contributed by atoms with E-state index in [-0.39, 0.29) is 5.83 Å². The fourth-order valence-electron chi connectivity index (χ4n) is 5.66. The van der Waals surface area contributed by atoms with Crippen LogP contribution in [-0.2, 0) is 17.6 Å². The zero-order valence-corrected chi connectivity index (χ0v) is 25.2. The number of carboxylic acids is 1. The lowest BCUT2D eigenvalue weighted by Crippen LogP contribution is -2.33. The quantitative estimate of drug-likeness (QED) is 0.172. The zero-order valence-electron chi connectivity index (χ0n) is 20.9. The molecule has 9 heteroatoms. The van der Waals surface area contributed by atoms with Gasteiger partial charge in [0.1, 0.15) is 17.7 Å². The summed E-state index contributed by atoms with van der Waals surface area (Å²) in [5, 5.41) is 10.2. The van der Waals surface area contributed by atoms with Crippen LogP contribution in [0.3, 0.4) is 0 Å². The minimum Gasteiger partial charge on any atom is -0.480 e. The molecule has 4 heterocycles. The lowest BCUT2D eigenvalue weighted by Gasteiger charge is -2.31. The highest BCUT2D eigenvalue weighted by atomic mass is 127. The number of aliphatic carboxylic acids is 1. The van der Waals surface area contributed by atoms with Crippen molar-refractivity contribution in [3.05, 3.63) is 61.9 Å². The van der Waals surface area contributed by atoms with Crippen LogP contribution in [0.4, 0.5) is 10.2 Å². The van der Waals surface area contributed by atoms with Crippen molar-refractivity contribution in [3.63, 3.8) is 0 Å². The molecule has 1 saturated heterocycles. The van der Waals surface area contributed by atoms with Gasteiger partial charge < -0.3 is 5.11 Å². The van der Waals surface area contributed by atoms with Gasteiger partial charge >= 0.3 is 5.97 Å². The van der Waals surface area contributed by atoms with Crippen LogP contribution in [0.1, 0.15) is 85.8 Å². The maximum absolute atomic E-state index is 15.2.